The molecule has 1 aromatic heterocycles. The first-order valence-corrected chi connectivity index (χ1v) is 12.0. The van der Waals surface area contributed by atoms with Crippen molar-refractivity contribution in [1.29, 1.82) is 0 Å². The Bertz CT molecular complexity index is 948. The van der Waals surface area contributed by atoms with E-state index in [2.05, 4.69) is 29.0 Å². The number of pyridine rings is 1. The van der Waals surface area contributed by atoms with Gasteiger partial charge >= 0.3 is 0 Å². The van der Waals surface area contributed by atoms with E-state index < -0.39 is 10.0 Å². The molecule has 1 aliphatic carbocycles. The highest BCUT2D eigenvalue weighted by Crippen LogP contribution is 2.34. The lowest BCUT2D eigenvalue weighted by atomic mass is 9.83. The second-order valence-electron chi connectivity index (χ2n) is 7.90. The lowest BCUT2D eigenvalue weighted by Gasteiger charge is -2.30. The molecule has 158 valence electrons. The highest BCUT2D eigenvalue weighted by molar-refractivity contribution is 7.88. The van der Waals surface area contributed by atoms with Crippen molar-refractivity contribution in [2.45, 2.75) is 50.7 Å². The predicted molar refractivity (Wildman–Crippen MR) is 115 cm³/mol. The summed E-state index contributed by atoms with van der Waals surface area (Å²) in [6, 6.07) is 13.7. The van der Waals surface area contributed by atoms with E-state index in [4.69, 9.17) is 4.74 Å². The topological polar surface area (TPSA) is 77.4 Å². The van der Waals surface area contributed by atoms with Crippen molar-refractivity contribution in [3.63, 3.8) is 0 Å². The molecule has 6 nitrogen and oxygen atoms in total. The summed E-state index contributed by atoms with van der Waals surface area (Å²) in [6.07, 6.45) is 7.03. The third-order valence-electron chi connectivity index (χ3n) is 5.61. The van der Waals surface area contributed by atoms with Crippen LogP contribution in [0, 0.1) is 6.92 Å². The molecule has 1 heterocycles. The summed E-state index contributed by atoms with van der Waals surface area (Å²) >= 11 is 0. The standard InChI is InChI=1S/C22H30N2O4S/c1-17-7-6-14-24(22(17)25)20(15-23-29(2,26)27)16-28-21-12-10-19(11-13-21)18-8-4-3-5-9-18/h3-9,14,19-21,23H,10-13,15-16H2,1-2H3/t19?,20-,21?/m0/s1. The van der Waals surface area contributed by atoms with Crippen LogP contribution in [0.3, 0.4) is 0 Å². The van der Waals surface area contributed by atoms with Crippen LogP contribution < -0.4 is 10.3 Å². The van der Waals surface area contributed by atoms with Gasteiger partial charge in [-0.05, 0) is 50.2 Å². The third kappa shape index (κ3) is 6.26. The molecule has 1 atom stereocenters. The van der Waals surface area contributed by atoms with Gasteiger partial charge in [-0.15, -0.1) is 0 Å². The molecule has 0 aliphatic heterocycles. The SMILES string of the molecule is Cc1cccn([C@@H](CNS(C)(=O)=O)COC2CCC(c3ccccc3)CC2)c1=O. The van der Waals surface area contributed by atoms with Gasteiger partial charge in [-0.25, -0.2) is 13.1 Å². The van der Waals surface area contributed by atoms with Crippen molar-refractivity contribution in [3.05, 3.63) is 70.1 Å². The summed E-state index contributed by atoms with van der Waals surface area (Å²) in [4.78, 5) is 12.5. The molecule has 0 bridgehead atoms. The smallest absolute Gasteiger partial charge is 0.253 e. The third-order valence-corrected chi connectivity index (χ3v) is 6.30. The van der Waals surface area contributed by atoms with Gasteiger partial charge in [0.1, 0.15) is 0 Å². The fraction of sp³-hybridized carbons (Fsp3) is 0.500. The molecule has 29 heavy (non-hydrogen) atoms. The van der Waals surface area contributed by atoms with Gasteiger partial charge in [0, 0.05) is 18.3 Å². The van der Waals surface area contributed by atoms with E-state index in [0.29, 0.717) is 18.1 Å². The summed E-state index contributed by atoms with van der Waals surface area (Å²) in [6.45, 7) is 2.18. The maximum Gasteiger partial charge on any atom is 0.253 e. The van der Waals surface area contributed by atoms with E-state index in [9.17, 15) is 13.2 Å². The highest BCUT2D eigenvalue weighted by atomic mass is 32.2. The van der Waals surface area contributed by atoms with Crippen LogP contribution in [-0.2, 0) is 14.8 Å². The zero-order valence-corrected chi connectivity index (χ0v) is 17.9. The molecule has 2 aromatic rings. The second-order valence-corrected chi connectivity index (χ2v) is 9.73. The van der Waals surface area contributed by atoms with Gasteiger partial charge in [0.25, 0.3) is 5.56 Å². The second kappa shape index (κ2) is 9.69. The maximum atomic E-state index is 12.5. The zero-order valence-electron chi connectivity index (χ0n) is 17.1. The van der Waals surface area contributed by atoms with E-state index in [1.165, 1.54) is 5.56 Å². The van der Waals surface area contributed by atoms with Crippen LogP contribution in [0.5, 0.6) is 0 Å². The predicted octanol–water partition coefficient (Wildman–Crippen LogP) is 2.99. The maximum absolute atomic E-state index is 12.5. The molecule has 7 heteroatoms. The summed E-state index contributed by atoms with van der Waals surface area (Å²) < 4.78 is 33.4. The number of hydrogen-bond donors (Lipinski definition) is 1. The van der Waals surface area contributed by atoms with Crippen molar-refractivity contribution in [1.82, 2.24) is 9.29 Å². The minimum absolute atomic E-state index is 0.121. The molecule has 0 radical (unpaired) electrons. The Morgan fingerprint density at radius 1 is 1.10 bits per heavy atom. The molecule has 0 amide bonds. The number of aryl methyl sites for hydroxylation is 1. The number of nitrogens with zero attached hydrogens (tertiary/aromatic N) is 1. The number of nitrogens with one attached hydrogen (secondary N) is 1. The van der Waals surface area contributed by atoms with E-state index in [-0.39, 0.29) is 24.2 Å². The van der Waals surface area contributed by atoms with Gasteiger partial charge in [0.05, 0.1) is 25.0 Å². The van der Waals surface area contributed by atoms with Crippen molar-refractivity contribution in [2.75, 3.05) is 19.4 Å². The number of aromatic nitrogens is 1. The summed E-state index contributed by atoms with van der Waals surface area (Å²) in [5, 5.41) is 0. The number of ether oxygens (including phenoxy) is 1. The number of hydrogen-bond acceptors (Lipinski definition) is 4. The fourth-order valence-corrected chi connectivity index (χ4v) is 4.43. The van der Waals surface area contributed by atoms with Crippen LogP contribution in [0.25, 0.3) is 0 Å². The monoisotopic (exact) mass is 418 g/mol. The first-order valence-electron chi connectivity index (χ1n) is 10.1. The highest BCUT2D eigenvalue weighted by Gasteiger charge is 2.24. The molecule has 0 unspecified atom stereocenters. The van der Waals surface area contributed by atoms with Gasteiger partial charge in [-0.3, -0.25) is 4.79 Å². The first kappa shape index (κ1) is 21.7. The summed E-state index contributed by atoms with van der Waals surface area (Å²) in [7, 11) is -3.35. The van der Waals surface area contributed by atoms with Gasteiger partial charge in [0.15, 0.2) is 0 Å². The Morgan fingerprint density at radius 3 is 2.45 bits per heavy atom. The molecular weight excluding hydrogens is 388 g/mol. The lowest BCUT2D eigenvalue weighted by molar-refractivity contribution is 0.00734. The molecular formula is C22H30N2O4S. The Kier molecular flexibility index (Phi) is 7.27. The zero-order chi connectivity index (χ0) is 20.9. The van der Waals surface area contributed by atoms with E-state index in [0.717, 1.165) is 31.9 Å². The minimum Gasteiger partial charge on any atom is -0.376 e. The molecule has 1 aliphatic rings. The summed E-state index contributed by atoms with van der Waals surface area (Å²) in [5.41, 5.74) is 1.89. The Morgan fingerprint density at radius 2 is 1.79 bits per heavy atom. The molecule has 1 saturated carbocycles. The molecule has 1 fully saturated rings. The average molecular weight is 419 g/mol. The number of sulfonamides is 1. The van der Waals surface area contributed by atoms with Crippen LogP contribution in [-0.4, -0.2) is 38.5 Å². The summed E-state index contributed by atoms with van der Waals surface area (Å²) in [5.74, 6) is 0.568. The van der Waals surface area contributed by atoms with Crippen LogP contribution in [0.4, 0.5) is 0 Å². The number of benzene rings is 1. The van der Waals surface area contributed by atoms with Crippen molar-refractivity contribution < 1.29 is 13.2 Å². The molecule has 3 rings (SSSR count). The molecule has 0 spiro atoms. The Balaban J connectivity index is 1.61. The lowest BCUT2D eigenvalue weighted by Crippen LogP contribution is -2.38. The van der Waals surface area contributed by atoms with Crippen LogP contribution in [0.1, 0.15) is 48.8 Å². The van der Waals surface area contributed by atoms with E-state index in [1.54, 1.807) is 29.8 Å². The van der Waals surface area contributed by atoms with Crippen LogP contribution in [0.15, 0.2) is 53.5 Å². The van der Waals surface area contributed by atoms with Crippen molar-refractivity contribution in [3.8, 4) is 0 Å². The first-order chi connectivity index (χ1) is 13.8. The quantitative estimate of drug-likeness (QED) is 0.715. The molecule has 1 aromatic carbocycles. The minimum atomic E-state index is -3.35. The Labute approximate surface area is 173 Å². The normalized spacial score (nSPS) is 21.0. The van der Waals surface area contributed by atoms with Gasteiger partial charge in [-0.1, -0.05) is 36.4 Å². The van der Waals surface area contributed by atoms with Crippen LogP contribution >= 0.6 is 0 Å². The fourth-order valence-electron chi connectivity index (χ4n) is 3.93. The van der Waals surface area contributed by atoms with Crippen LogP contribution in [0.2, 0.25) is 0 Å². The average Bonchev–Trinajstić information content (AvgIpc) is 2.71. The molecule has 0 saturated heterocycles. The van der Waals surface area contributed by atoms with Gasteiger partial charge < -0.3 is 9.30 Å². The van der Waals surface area contributed by atoms with Crippen molar-refractivity contribution >= 4 is 10.0 Å². The van der Waals surface area contributed by atoms with E-state index >= 15 is 0 Å². The van der Waals surface area contributed by atoms with Gasteiger partial charge in [0.2, 0.25) is 10.0 Å². The largest absolute Gasteiger partial charge is 0.376 e. The van der Waals surface area contributed by atoms with E-state index in [1.807, 2.05) is 6.07 Å². The van der Waals surface area contributed by atoms with Gasteiger partial charge in [-0.2, -0.15) is 0 Å². The van der Waals surface area contributed by atoms with Crippen molar-refractivity contribution in [2.24, 2.45) is 0 Å². The molecule has 1 N–H and O–H groups in total. The number of rotatable bonds is 8. The Hall–Kier alpha value is -1.96.